The van der Waals surface area contributed by atoms with Gasteiger partial charge < -0.3 is 10.4 Å². The van der Waals surface area contributed by atoms with Gasteiger partial charge in [-0.05, 0) is 36.6 Å². The predicted molar refractivity (Wildman–Crippen MR) is 58.6 cm³/mol. The first-order valence-electron chi connectivity index (χ1n) is 4.92. The Bertz CT molecular complexity index is 386. The molecule has 0 saturated carbocycles. The van der Waals surface area contributed by atoms with Crippen molar-refractivity contribution in [3.05, 3.63) is 34.3 Å². The predicted octanol–water partition coefficient (Wildman–Crippen LogP) is 2.12. The van der Waals surface area contributed by atoms with E-state index in [0.717, 1.165) is 25.1 Å². The lowest BCUT2D eigenvalue weighted by Gasteiger charge is -2.12. The van der Waals surface area contributed by atoms with Crippen LogP contribution in [-0.4, -0.2) is 24.2 Å². The number of carboxylic acid groups (broad SMARTS) is 1. The van der Waals surface area contributed by atoms with Gasteiger partial charge in [-0.15, -0.1) is 0 Å². The van der Waals surface area contributed by atoms with Crippen LogP contribution in [-0.2, 0) is 0 Å². The van der Waals surface area contributed by atoms with Crippen molar-refractivity contribution in [1.29, 1.82) is 0 Å². The third-order valence-corrected chi connectivity index (χ3v) is 2.98. The summed E-state index contributed by atoms with van der Waals surface area (Å²) in [5.74, 6) is -0.604. The van der Waals surface area contributed by atoms with Crippen LogP contribution >= 0.6 is 11.6 Å². The molecule has 0 radical (unpaired) electrons. The second-order valence-corrected chi connectivity index (χ2v) is 4.16. The Morgan fingerprint density at radius 2 is 2.33 bits per heavy atom. The molecule has 1 fully saturated rings. The Morgan fingerprint density at radius 1 is 1.53 bits per heavy atom. The van der Waals surface area contributed by atoms with Gasteiger partial charge in [0.1, 0.15) is 0 Å². The molecule has 2 N–H and O–H groups in total. The topological polar surface area (TPSA) is 49.3 Å². The summed E-state index contributed by atoms with van der Waals surface area (Å²) in [7, 11) is 0. The van der Waals surface area contributed by atoms with E-state index in [-0.39, 0.29) is 0 Å². The third-order valence-electron chi connectivity index (χ3n) is 2.75. The Balaban J connectivity index is 2.40. The second kappa shape index (κ2) is 4.21. The number of halogens is 1. The van der Waals surface area contributed by atoms with Crippen LogP contribution in [0.4, 0.5) is 0 Å². The zero-order valence-corrected chi connectivity index (χ0v) is 8.92. The summed E-state index contributed by atoms with van der Waals surface area (Å²) in [4.78, 5) is 11.1. The van der Waals surface area contributed by atoms with Gasteiger partial charge in [-0.2, -0.15) is 0 Å². The van der Waals surface area contributed by atoms with Crippen molar-refractivity contribution < 1.29 is 9.90 Å². The smallest absolute Gasteiger partial charge is 0.336 e. The maximum Gasteiger partial charge on any atom is 0.336 e. The molecule has 0 aliphatic carbocycles. The monoisotopic (exact) mass is 225 g/mol. The molecule has 0 bridgehead atoms. The Labute approximate surface area is 93.1 Å². The highest BCUT2D eigenvalue weighted by Crippen LogP contribution is 2.27. The van der Waals surface area contributed by atoms with Gasteiger partial charge >= 0.3 is 5.97 Å². The van der Waals surface area contributed by atoms with Gasteiger partial charge in [-0.25, -0.2) is 4.79 Å². The molecule has 1 aromatic carbocycles. The highest BCUT2D eigenvalue weighted by atomic mass is 35.5. The van der Waals surface area contributed by atoms with E-state index < -0.39 is 5.97 Å². The van der Waals surface area contributed by atoms with Crippen LogP contribution in [0.5, 0.6) is 0 Å². The van der Waals surface area contributed by atoms with E-state index in [0.29, 0.717) is 16.5 Å². The molecular weight excluding hydrogens is 214 g/mol. The first kappa shape index (κ1) is 10.5. The van der Waals surface area contributed by atoms with Gasteiger partial charge in [0.15, 0.2) is 0 Å². The van der Waals surface area contributed by atoms with Crippen LogP contribution in [0.2, 0.25) is 5.02 Å². The Kier molecular flexibility index (Phi) is 2.93. The molecule has 1 atom stereocenters. The van der Waals surface area contributed by atoms with Gasteiger partial charge in [-0.1, -0.05) is 17.7 Å². The first-order chi connectivity index (χ1) is 7.18. The molecule has 0 spiro atoms. The SMILES string of the molecule is O=C(O)c1cc(Cl)ccc1C1CCNC1. The Morgan fingerprint density at radius 3 is 2.93 bits per heavy atom. The van der Waals surface area contributed by atoms with Crippen molar-refractivity contribution in [2.75, 3.05) is 13.1 Å². The summed E-state index contributed by atoms with van der Waals surface area (Å²) >= 11 is 5.79. The Hall–Kier alpha value is -1.06. The molecule has 4 heteroatoms. The van der Waals surface area contributed by atoms with Crippen molar-refractivity contribution in [3.8, 4) is 0 Å². The standard InChI is InChI=1S/C11H12ClNO2/c12-8-1-2-9(7-3-4-13-6-7)10(5-8)11(14)15/h1-2,5,7,13H,3-4,6H2,(H,14,15). The number of carbonyl (C=O) groups is 1. The molecule has 1 aliphatic rings. The summed E-state index contributed by atoms with van der Waals surface area (Å²) in [6.07, 6.45) is 0.988. The van der Waals surface area contributed by atoms with E-state index >= 15 is 0 Å². The highest BCUT2D eigenvalue weighted by Gasteiger charge is 2.22. The van der Waals surface area contributed by atoms with Gasteiger partial charge in [0.25, 0.3) is 0 Å². The normalized spacial score (nSPS) is 20.5. The van der Waals surface area contributed by atoms with Crippen LogP contribution in [0.15, 0.2) is 18.2 Å². The number of hydrogen-bond donors (Lipinski definition) is 2. The van der Waals surface area contributed by atoms with Crippen molar-refractivity contribution in [3.63, 3.8) is 0 Å². The maximum absolute atomic E-state index is 11.1. The van der Waals surface area contributed by atoms with Crippen molar-refractivity contribution >= 4 is 17.6 Å². The second-order valence-electron chi connectivity index (χ2n) is 3.73. The van der Waals surface area contributed by atoms with Crippen LogP contribution in [0, 0.1) is 0 Å². The first-order valence-corrected chi connectivity index (χ1v) is 5.29. The molecule has 3 nitrogen and oxygen atoms in total. The molecular formula is C11H12ClNO2. The number of carboxylic acids is 1. The number of rotatable bonds is 2. The minimum Gasteiger partial charge on any atom is -0.478 e. The molecule has 15 heavy (non-hydrogen) atoms. The number of hydrogen-bond acceptors (Lipinski definition) is 2. The molecule has 0 amide bonds. The van der Waals surface area contributed by atoms with Crippen LogP contribution in [0.25, 0.3) is 0 Å². The van der Waals surface area contributed by atoms with Gasteiger partial charge in [-0.3, -0.25) is 0 Å². The van der Waals surface area contributed by atoms with E-state index in [2.05, 4.69) is 5.32 Å². The summed E-state index contributed by atoms with van der Waals surface area (Å²) < 4.78 is 0. The van der Waals surface area contributed by atoms with E-state index in [4.69, 9.17) is 16.7 Å². The van der Waals surface area contributed by atoms with Crippen LogP contribution in [0.1, 0.15) is 28.3 Å². The lowest BCUT2D eigenvalue weighted by Crippen LogP contribution is -2.11. The molecule has 1 aliphatic heterocycles. The summed E-state index contributed by atoms with van der Waals surface area (Å²) in [5, 5.41) is 12.8. The molecule has 1 unspecified atom stereocenters. The van der Waals surface area contributed by atoms with Crippen molar-refractivity contribution in [2.24, 2.45) is 0 Å². The third kappa shape index (κ3) is 2.13. The fourth-order valence-electron chi connectivity index (χ4n) is 1.99. The zero-order chi connectivity index (χ0) is 10.8. The quantitative estimate of drug-likeness (QED) is 0.811. The van der Waals surface area contributed by atoms with E-state index in [9.17, 15) is 4.79 Å². The van der Waals surface area contributed by atoms with Crippen LogP contribution in [0.3, 0.4) is 0 Å². The molecule has 1 aromatic rings. The fraction of sp³-hybridized carbons (Fsp3) is 0.364. The van der Waals surface area contributed by atoms with Gasteiger partial charge in [0.05, 0.1) is 5.56 Å². The maximum atomic E-state index is 11.1. The average Bonchev–Trinajstić information content (AvgIpc) is 2.70. The molecule has 80 valence electrons. The summed E-state index contributed by atoms with van der Waals surface area (Å²) in [6, 6.07) is 5.10. The minimum absolute atomic E-state index is 0.299. The summed E-state index contributed by atoms with van der Waals surface area (Å²) in [6.45, 7) is 1.80. The minimum atomic E-state index is -0.903. The number of aromatic carboxylic acids is 1. The van der Waals surface area contributed by atoms with Gasteiger partial charge in [0, 0.05) is 11.6 Å². The highest BCUT2D eigenvalue weighted by molar-refractivity contribution is 6.31. The summed E-state index contributed by atoms with van der Waals surface area (Å²) in [5.41, 5.74) is 1.22. The van der Waals surface area contributed by atoms with E-state index in [1.54, 1.807) is 6.07 Å². The van der Waals surface area contributed by atoms with E-state index in [1.807, 2.05) is 6.07 Å². The molecule has 1 saturated heterocycles. The lowest BCUT2D eigenvalue weighted by molar-refractivity contribution is 0.0695. The largest absolute Gasteiger partial charge is 0.478 e. The van der Waals surface area contributed by atoms with Crippen molar-refractivity contribution in [2.45, 2.75) is 12.3 Å². The zero-order valence-electron chi connectivity index (χ0n) is 8.16. The van der Waals surface area contributed by atoms with Crippen LogP contribution < -0.4 is 5.32 Å². The van der Waals surface area contributed by atoms with E-state index in [1.165, 1.54) is 6.07 Å². The van der Waals surface area contributed by atoms with Gasteiger partial charge in [0.2, 0.25) is 0 Å². The average molecular weight is 226 g/mol. The molecule has 0 aromatic heterocycles. The lowest BCUT2D eigenvalue weighted by atomic mass is 9.93. The molecule has 1 heterocycles. The fourth-order valence-corrected chi connectivity index (χ4v) is 2.16. The number of benzene rings is 1. The molecule has 2 rings (SSSR count). The number of nitrogens with one attached hydrogen (secondary N) is 1. The van der Waals surface area contributed by atoms with Crippen molar-refractivity contribution in [1.82, 2.24) is 5.32 Å².